The number of carbonyl (C=O) groups is 1. The molecule has 1 amide bonds. The molecule has 0 radical (unpaired) electrons. The smallest absolute Gasteiger partial charge is 0.267 e. The summed E-state index contributed by atoms with van der Waals surface area (Å²) < 4.78 is 22.6. The molecule has 0 aliphatic rings. The summed E-state index contributed by atoms with van der Waals surface area (Å²) in [5.74, 6) is -0.558. The standard InChI is InChI=1S/C9H10N2O2.C8H6O2S2/c10-8-4-1-7(2-5-8)3-6-9(12)11-13;9-12(10)8-5-6-3-1-2-4-7(6)11-8/h1-6,13H,10H2,(H,11,12);1-5H,(H,9,10)/p-1/b6-3+;. The number of benzene rings is 2. The van der Waals surface area contributed by atoms with Crippen LogP contribution < -0.4 is 11.2 Å². The first kappa shape index (κ1) is 18.8. The zero-order valence-electron chi connectivity index (χ0n) is 12.9. The third-order valence-corrected chi connectivity index (χ3v) is 5.06. The fourth-order valence-electron chi connectivity index (χ4n) is 1.86. The van der Waals surface area contributed by atoms with Gasteiger partial charge in [0.2, 0.25) is 0 Å². The molecule has 0 fully saturated rings. The van der Waals surface area contributed by atoms with Gasteiger partial charge < -0.3 is 10.3 Å². The second-order valence-corrected chi connectivity index (χ2v) is 7.07. The van der Waals surface area contributed by atoms with Crippen molar-refractivity contribution >= 4 is 50.2 Å². The van der Waals surface area contributed by atoms with Gasteiger partial charge in [0.05, 0.1) is 4.21 Å². The van der Waals surface area contributed by atoms with E-state index in [4.69, 9.17) is 10.9 Å². The largest absolute Gasteiger partial charge is 0.768 e. The lowest BCUT2D eigenvalue weighted by Crippen LogP contribution is -2.14. The molecule has 25 heavy (non-hydrogen) atoms. The number of hydrogen-bond donors (Lipinski definition) is 3. The van der Waals surface area contributed by atoms with Gasteiger partial charge in [-0.05, 0) is 52.4 Å². The van der Waals surface area contributed by atoms with Crippen molar-refractivity contribution < 1.29 is 18.8 Å². The minimum Gasteiger partial charge on any atom is -0.768 e. The van der Waals surface area contributed by atoms with Crippen molar-refractivity contribution in [1.82, 2.24) is 5.48 Å². The Labute approximate surface area is 150 Å². The number of rotatable bonds is 3. The molecule has 0 saturated carbocycles. The number of nitrogens with two attached hydrogens (primary N) is 1. The summed E-state index contributed by atoms with van der Waals surface area (Å²) in [4.78, 5) is 10.6. The van der Waals surface area contributed by atoms with Crippen LogP contribution in [0.3, 0.4) is 0 Å². The Bertz CT molecular complexity index is 871. The molecule has 1 atom stereocenters. The second kappa shape index (κ2) is 9.09. The molecule has 0 bridgehead atoms. The van der Waals surface area contributed by atoms with Crippen molar-refractivity contribution in [3.63, 3.8) is 0 Å². The molecule has 2 aromatic carbocycles. The first-order valence-electron chi connectivity index (χ1n) is 7.05. The molecule has 8 heteroatoms. The predicted octanol–water partition coefficient (Wildman–Crippen LogP) is 2.93. The van der Waals surface area contributed by atoms with E-state index in [-0.39, 0.29) is 0 Å². The molecule has 0 aliphatic heterocycles. The van der Waals surface area contributed by atoms with Crippen LogP contribution in [-0.4, -0.2) is 19.9 Å². The third-order valence-electron chi connectivity index (χ3n) is 3.04. The number of hydrogen-bond acceptors (Lipinski definition) is 6. The van der Waals surface area contributed by atoms with Crippen LogP contribution in [0.5, 0.6) is 0 Å². The van der Waals surface area contributed by atoms with Crippen molar-refractivity contribution in [3.8, 4) is 0 Å². The number of hydroxylamine groups is 1. The fourth-order valence-corrected chi connectivity index (χ4v) is 3.41. The van der Waals surface area contributed by atoms with E-state index in [1.165, 1.54) is 22.9 Å². The summed E-state index contributed by atoms with van der Waals surface area (Å²) in [6.45, 7) is 0. The SMILES string of the molecule is Nc1ccc(/C=C/C(=O)NO)cc1.O=S([O-])c1cc2ccccc2s1. The van der Waals surface area contributed by atoms with E-state index in [0.29, 0.717) is 9.90 Å². The maximum Gasteiger partial charge on any atom is 0.267 e. The highest BCUT2D eigenvalue weighted by Gasteiger charge is 1.99. The van der Waals surface area contributed by atoms with Crippen molar-refractivity contribution in [2.24, 2.45) is 0 Å². The lowest BCUT2D eigenvalue weighted by Gasteiger charge is -1.96. The van der Waals surface area contributed by atoms with Crippen molar-refractivity contribution in [2.75, 3.05) is 5.73 Å². The topological polar surface area (TPSA) is 115 Å². The van der Waals surface area contributed by atoms with E-state index in [9.17, 15) is 13.6 Å². The Morgan fingerprint density at radius 2 is 1.88 bits per heavy atom. The number of thiophene rings is 1. The molecular formula is C17H15N2O4S2-. The molecule has 0 saturated heterocycles. The van der Waals surface area contributed by atoms with Gasteiger partial charge in [-0.15, -0.1) is 11.3 Å². The van der Waals surface area contributed by atoms with Gasteiger partial charge in [0.1, 0.15) is 0 Å². The van der Waals surface area contributed by atoms with Crippen LogP contribution in [0.1, 0.15) is 5.56 Å². The molecular weight excluding hydrogens is 360 g/mol. The highest BCUT2D eigenvalue weighted by atomic mass is 32.2. The maximum absolute atomic E-state index is 10.6. The van der Waals surface area contributed by atoms with Crippen molar-refractivity contribution in [3.05, 3.63) is 66.2 Å². The predicted molar refractivity (Wildman–Crippen MR) is 98.8 cm³/mol. The van der Waals surface area contributed by atoms with E-state index < -0.39 is 17.0 Å². The molecule has 1 aromatic heterocycles. The van der Waals surface area contributed by atoms with Gasteiger partial charge in [-0.25, -0.2) is 5.48 Å². The minimum absolute atomic E-state index is 0.399. The normalized spacial score (nSPS) is 11.8. The van der Waals surface area contributed by atoms with Crippen LogP contribution in [0.4, 0.5) is 5.69 Å². The average molecular weight is 375 g/mol. The molecule has 130 valence electrons. The summed E-state index contributed by atoms with van der Waals surface area (Å²) in [5.41, 5.74) is 8.48. The highest BCUT2D eigenvalue weighted by Crippen LogP contribution is 2.26. The van der Waals surface area contributed by atoms with Crippen molar-refractivity contribution in [1.29, 1.82) is 0 Å². The van der Waals surface area contributed by atoms with E-state index >= 15 is 0 Å². The third kappa shape index (κ3) is 5.80. The average Bonchev–Trinajstić information content (AvgIpc) is 3.06. The number of fused-ring (bicyclic) bond motifs is 1. The Morgan fingerprint density at radius 1 is 1.20 bits per heavy atom. The molecule has 1 unspecified atom stereocenters. The van der Waals surface area contributed by atoms with E-state index in [2.05, 4.69) is 0 Å². The van der Waals surface area contributed by atoms with Crippen LogP contribution in [0.15, 0.2) is 64.9 Å². The van der Waals surface area contributed by atoms with Gasteiger partial charge in [0.15, 0.2) is 0 Å². The molecule has 3 rings (SSSR count). The van der Waals surface area contributed by atoms with E-state index in [0.717, 1.165) is 15.6 Å². The van der Waals surface area contributed by atoms with Gasteiger partial charge in [0.25, 0.3) is 5.91 Å². The molecule has 1 heterocycles. The molecule has 6 nitrogen and oxygen atoms in total. The zero-order valence-corrected chi connectivity index (χ0v) is 14.5. The Kier molecular flexibility index (Phi) is 6.84. The quantitative estimate of drug-likeness (QED) is 0.214. The van der Waals surface area contributed by atoms with Gasteiger partial charge in [-0.1, -0.05) is 30.3 Å². The number of nitrogen functional groups attached to an aromatic ring is 1. The van der Waals surface area contributed by atoms with Crippen LogP contribution in [0.2, 0.25) is 0 Å². The summed E-state index contributed by atoms with van der Waals surface area (Å²) in [5, 5.41) is 9.17. The number of nitrogens with one attached hydrogen (secondary N) is 1. The first-order chi connectivity index (χ1) is 12.0. The van der Waals surface area contributed by atoms with Crippen LogP contribution in [0, 0.1) is 0 Å². The van der Waals surface area contributed by atoms with Gasteiger partial charge in [-0.2, -0.15) is 0 Å². The Balaban J connectivity index is 0.000000181. The highest BCUT2D eigenvalue weighted by molar-refractivity contribution is 7.82. The summed E-state index contributed by atoms with van der Waals surface area (Å²) >= 11 is -0.800. The summed E-state index contributed by atoms with van der Waals surface area (Å²) in [7, 11) is 0. The van der Waals surface area contributed by atoms with Crippen LogP contribution in [0.25, 0.3) is 16.2 Å². The fraction of sp³-hybridized carbons (Fsp3) is 0. The number of carbonyl (C=O) groups excluding carboxylic acids is 1. The van der Waals surface area contributed by atoms with E-state index in [1.54, 1.807) is 36.4 Å². The number of amides is 1. The molecule has 3 aromatic rings. The van der Waals surface area contributed by atoms with Gasteiger partial charge in [-0.3, -0.25) is 14.2 Å². The summed E-state index contributed by atoms with van der Waals surface area (Å²) in [6.07, 6.45) is 2.80. The van der Waals surface area contributed by atoms with Gasteiger partial charge in [0, 0.05) is 16.5 Å². The molecule has 4 N–H and O–H groups in total. The first-order valence-corrected chi connectivity index (χ1v) is 8.94. The Hall–Kier alpha value is -2.52. The summed E-state index contributed by atoms with van der Waals surface area (Å²) in [6, 6.07) is 16.3. The zero-order chi connectivity index (χ0) is 18.2. The lowest BCUT2D eigenvalue weighted by atomic mass is 10.2. The van der Waals surface area contributed by atoms with Gasteiger partial charge >= 0.3 is 0 Å². The molecule has 0 aliphatic carbocycles. The Morgan fingerprint density at radius 3 is 2.48 bits per heavy atom. The molecule has 0 spiro atoms. The minimum atomic E-state index is -2.09. The maximum atomic E-state index is 10.6. The van der Waals surface area contributed by atoms with Crippen LogP contribution >= 0.6 is 11.3 Å². The number of anilines is 1. The second-order valence-electron chi connectivity index (χ2n) is 4.81. The monoisotopic (exact) mass is 375 g/mol. The van der Waals surface area contributed by atoms with Crippen LogP contribution in [-0.2, 0) is 15.9 Å². The van der Waals surface area contributed by atoms with Crippen molar-refractivity contribution in [2.45, 2.75) is 4.21 Å². The van der Waals surface area contributed by atoms with E-state index in [1.807, 2.05) is 24.3 Å². The lowest BCUT2D eigenvalue weighted by molar-refractivity contribution is -0.124.